The topological polar surface area (TPSA) is 117 Å². The lowest BCUT2D eigenvalue weighted by atomic mass is 10.1. The van der Waals surface area contributed by atoms with Gasteiger partial charge in [-0.2, -0.15) is 10.4 Å². The second-order valence-corrected chi connectivity index (χ2v) is 6.67. The molecule has 0 fully saturated rings. The van der Waals surface area contributed by atoms with Gasteiger partial charge in [-0.3, -0.25) is 9.98 Å². The number of nitrogens with one attached hydrogen (secondary N) is 2. The number of guanidine groups is 1. The summed E-state index contributed by atoms with van der Waals surface area (Å²) in [5, 5.41) is 20.6. The number of nitrogens with zero attached hydrogens (tertiary/aromatic N) is 5. The van der Waals surface area contributed by atoms with Crippen LogP contribution < -0.4 is 16.4 Å². The molecule has 0 amide bonds. The van der Waals surface area contributed by atoms with Crippen molar-refractivity contribution in [1.29, 1.82) is 5.26 Å². The Morgan fingerprint density at radius 1 is 1.10 bits per heavy atom. The molecule has 0 spiro atoms. The average Bonchev–Trinajstić information content (AvgIpc) is 3.11. The number of nitrogen functional groups attached to an aromatic ring is 1. The van der Waals surface area contributed by atoms with Crippen LogP contribution in [0.4, 0.5) is 5.82 Å². The van der Waals surface area contributed by atoms with Crippen LogP contribution >= 0.6 is 0 Å². The van der Waals surface area contributed by atoms with E-state index in [2.05, 4.69) is 31.8 Å². The molecular weight excluding hydrogens is 376 g/mol. The summed E-state index contributed by atoms with van der Waals surface area (Å²) < 4.78 is 1.62. The Labute approximate surface area is 176 Å². The molecule has 2 heterocycles. The number of anilines is 1. The molecule has 30 heavy (non-hydrogen) atoms. The molecule has 3 rings (SSSR count). The predicted octanol–water partition coefficient (Wildman–Crippen LogP) is 2.06. The summed E-state index contributed by atoms with van der Waals surface area (Å²) in [6.45, 7) is 1.44. The number of para-hydroxylation sites is 1. The molecule has 0 aliphatic rings. The minimum atomic E-state index is 0.374. The fraction of sp³-hybridized carbons (Fsp3) is 0.273. The Balaban J connectivity index is 1.49. The van der Waals surface area contributed by atoms with Crippen molar-refractivity contribution >= 4 is 11.8 Å². The van der Waals surface area contributed by atoms with Crippen LogP contribution in [0.1, 0.15) is 23.4 Å². The molecule has 0 radical (unpaired) electrons. The quantitative estimate of drug-likeness (QED) is 0.302. The van der Waals surface area contributed by atoms with E-state index in [0.29, 0.717) is 30.0 Å². The maximum absolute atomic E-state index is 9.50. The van der Waals surface area contributed by atoms with Crippen LogP contribution in [0.15, 0.2) is 59.7 Å². The first kappa shape index (κ1) is 20.9. The SMILES string of the molecule is CN=C(NCCCc1nn(-c2ccccc2)c(N)c1C#N)NCCc1ccccn1. The van der Waals surface area contributed by atoms with Crippen LogP contribution in [0, 0.1) is 11.3 Å². The molecule has 154 valence electrons. The second kappa shape index (κ2) is 10.6. The maximum atomic E-state index is 9.50. The van der Waals surface area contributed by atoms with Crippen molar-refractivity contribution in [2.45, 2.75) is 19.3 Å². The first-order valence-corrected chi connectivity index (χ1v) is 9.90. The van der Waals surface area contributed by atoms with Crippen molar-refractivity contribution in [2.75, 3.05) is 25.9 Å². The summed E-state index contributed by atoms with van der Waals surface area (Å²) in [6.07, 6.45) is 4.05. The number of aromatic nitrogens is 3. The molecule has 8 heteroatoms. The van der Waals surface area contributed by atoms with Gasteiger partial charge < -0.3 is 16.4 Å². The van der Waals surface area contributed by atoms with E-state index >= 15 is 0 Å². The summed E-state index contributed by atoms with van der Waals surface area (Å²) in [5.74, 6) is 1.11. The van der Waals surface area contributed by atoms with Gasteiger partial charge in [-0.15, -0.1) is 0 Å². The lowest BCUT2D eigenvalue weighted by Gasteiger charge is -2.11. The average molecular weight is 403 g/mol. The number of aliphatic imine (C=N–C) groups is 1. The minimum absolute atomic E-state index is 0.374. The smallest absolute Gasteiger partial charge is 0.190 e. The zero-order chi connectivity index (χ0) is 21.2. The first-order chi connectivity index (χ1) is 14.7. The molecule has 3 aromatic rings. The van der Waals surface area contributed by atoms with Crippen LogP contribution in [0.2, 0.25) is 0 Å². The number of hydrogen-bond acceptors (Lipinski definition) is 5. The molecule has 0 bridgehead atoms. The van der Waals surface area contributed by atoms with Crippen LogP contribution in [0.25, 0.3) is 5.69 Å². The van der Waals surface area contributed by atoms with Gasteiger partial charge in [-0.1, -0.05) is 24.3 Å². The fourth-order valence-corrected chi connectivity index (χ4v) is 3.08. The Hall–Kier alpha value is -3.86. The lowest BCUT2D eigenvalue weighted by molar-refractivity contribution is 0.718. The zero-order valence-corrected chi connectivity index (χ0v) is 17.0. The number of aryl methyl sites for hydroxylation is 1. The van der Waals surface area contributed by atoms with E-state index in [1.165, 1.54) is 0 Å². The summed E-state index contributed by atoms with van der Waals surface area (Å²) in [5.41, 5.74) is 9.18. The van der Waals surface area contributed by atoms with Crippen LogP contribution in [0.3, 0.4) is 0 Å². The summed E-state index contributed by atoms with van der Waals surface area (Å²) >= 11 is 0. The number of hydrogen-bond donors (Lipinski definition) is 3. The number of nitriles is 1. The molecule has 4 N–H and O–H groups in total. The van der Waals surface area contributed by atoms with E-state index in [9.17, 15) is 5.26 Å². The largest absolute Gasteiger partial charge is 0.382 e. The Kier molecular flexibility index (Phi) is 7.39. The predicted molar refractivity (Wildman–Crippen MR) is 118 cm³/mol. The highest BCUT2D eigenvalue weighted by molar-refractivity contribution is 5.79. The monoisotopic (exact) mass is 402 g/mol. The standard InChI is InChI=1S/C22H26N8/c1-25-22(28-15-12-17-8-5-6-13-26-17)27-14-7-11-20-19(16-23)21(24)30(29-20)18-9-3-2-4-10-18/h2-6,8-10,13H,7,11-12,14-15,24H2,1H3,(H2,25,27,28). The van der Waals surface area contributed by atoms with Gasteiger partial charge in [-0.25, -0.2) is 4.68 Å². The Bertz CT molecular complexity index is 1000. The molecule has 0 aliphatic carbocycles. The second-order valence-electron chi connectivity index (χ2n) is 6.67. The molecule has 0 aliphatic heterocycles. The van der Waals surface area contributed by atoms with Crippen molar-refractivity contribution in [1.82, 2.24) is 25.4 Å². The molecule has 8 nitrogen and oxygen atoms in total. The molecule has 2 aromatic heterocycles. The molecule has 0 saturated carbocycles. The van der Waals surface area contributed by atoms with E-state index in [-0.39, 0.29) is 0 Å². The first-order valence-electron chi connectivity index (χ1n) is 9.90. The number of benzene rings is 1. The van der Waals surface area contributed by atoms with Gasteiger partial charge in [0.1, 0.15) is 17.5 Å². The number of nitrogens with two attached hydrogens (primary N) is 1. The third-order valence-corrected chi connectivity index (χ3v) is 4.61. The van der Waals surface area contributed by atoms with Gasteiger partial charge in [-0.05, 0) is 37.1 Å². The van der Waals surface area contributed by atoms with Crippen molar-refractivity contribution in [2.24, 2.45) is 4.99 Å². The Morgan fingerprint density at radius 2 is 1.87 bits per heavy atom. The van der Waals surface area contributed by atoms with E-state index in [1.54, 1.807) is 17.9 Å². The normalized spacial score (nSPS) is 11.1. The van der Waals surface area contributed by atoms with Gasteiger partial charge in [0.05, 0.1) is 11.4 Å². The fourth-order valence-electron chi connectivity index (χ4n) is 3.08. The third kappa shape index (κ3) is 5.35. The molecular formula is C22H26N8. The van der Waals surface area contributed by atoms with Gasteiger partial charge in [0, 0.05) is 38.4 Å². The highest BCUT2D eigenvalue weighted by atomic mass is 15.3. The van der Waals surface area contributed by atoms with Crippen LogP contribution in [0.5, 0.6) is 0 Å². The number of pyridine rings is 1. The highest BCUT2D eigenvalue weighted by Crippen LogP contribution is 2.21. The third-order valence-electron chi connectivity index (χ3n) is 4.61. The summed E-state index contributed by atoms with van der Waals surface area (Å²) in [7, 11) is 1.74. The Morgan fingerprint density at radius 3 is 2.57 bits per heavy atom. The van der Waals surface area contributed by atoms with Gasteiger partial charge in [0.15, 0.2) is 5.96 Å². The van der Waals surface area contributed by atoms with Crippen molar-refractivity contribution in [3.05, 3.63) is 71.7 Å². The molecule has 1 aromatic carbocycles. The van der Waals surface area contributed by atoms with E-state index in [1.807, 2.05) is 48.5 Å². The zero-order valence-electron chi connectivity index (χ0n) is 17.0. The van der Waals surface area contributed by atoms with Crippen molar-refractivity contribution < 1.29 is 0 Å². The van der Waals surface area contributed by atoms with Gasteiger partial charge >= 0.3 is 0 Å². The molecule has 0 atom stereocenters. The van der Waals surface area contributed by atoms with Crippen molar-refractivity contribution in [3.8, 4) is 11.8 Å². The van der Waals surface area contributed by atoms with Gasteiger partial charge in [0.25, 0.3) is 0 Å². The van der Waals surface area contributed by atoms with E-state index < -0.39 is 0 Å². The van der Waals surface area contributed by atoms with E-state index in [4.69, 9.17) is 5.73 Å². The van der Waals surface area contributed by atoms with Crippen LogP contribution in [-0.4, -0.2) is 40.9 Å². The van der Waals surface area contributed by atoms with Gasteiger partial charge in [0.2, 0.25) is 0 Å². The highest BCUT2D eigenvalue weighted by Gasteiger charge is 2.16. The number of rotatable bonds is 8. The van der Waals surface area contributed by atoms with E-state index in [0.717, 1.165) is 36.7 Å². The molecule has 0 unspecified atom stereocenters. The summed E-state index contributed by atoms with van der Waals surface area (Å²) in [6, 6.07) is 17.7. The minimum Gasteiger partial charge on any atom is -0.382 e. The summed E-state index contributed by atoms with van der Waals surface area (Å²) in [4.78, 5) is 8.55. The van der Waals surface area contributed by atoms with Crippen molar-refractivity contribution in [3.63, 3.8) is 0 Å². The lowest BCUT2D eigenvalue weighted by Crippen LogP contribution is -2.38. The molecule has 0 saturated heterocycles. The maximum Gasteiger partial charge on any atom is 0.190 e. The van der Waals surface area contributed by atoms with Crippen LogP contribution in [-0.2, 0) is 12.8 Å².